The van der Waals surface area contributed by atoms with Crippen molar-refractivity contribution < 1.29 is 0 Å². The highest BCUT2D eigenvalue weighted by molar-refractivity contribution is 5.46. The molecule has 4 heteroatoms. The van der Waals surface area contributed by atoms with Crippen LogP contribution in [0.2, 0.25) is 0 Å². The molecule has 0 aromatic carbocycles. The summed E-state index contributed by atoms with van der Waals surface area (Å²) in [4.78, 5) is 8.70. The van der Waals surface area contributed by atoms with Gasteiger partial charge in [-0.2, -0.15) is 4.98 Å². The van der Waals surface area contributed by atoms with E-state index in [-0.39, 0.29) is 0 Å². The number of aromatic nitrogens is 2. The predicted molar refractivity (Wildman–Crippen MR) is 73.5 cm³/mol. The van der Waals surface area contributed by atoms with Gasteiger partial charge in [-0.15, -0.1) is 0 Å². The maximum atomic E-state index is 4.47. The molecule has 0 spiro atoms. The molecule has 0 aliphatic heterocycles. The first-order valence-electron chi connectivity index (χ1n) is 6.52. The van der Waals surface area contributed by atoms with Crippen LogP contribution in [-0.2, 0) is 0 Å². The van der Waals surface area contributed by atoms with Gasteiger partial charge in [0.2, 0.25) is 5.95 Å². The zero-order chi connectivity index (χ0) is 12.7. The van der Waals surface area contributed by atoms with Crippen LogP contribution in [0.3, 0.4) is 0 Å². The van der Waals surface area contributed by atoms with E-state index < -0.39 is 0 Å². The van der Waals surface area contributed by atoms with Crippen LogP contribution in [0.15, 0.2) is 6.20 Å². The molecule has 0 saturated heterocycles. The quantitative estimate of drug-likeness (QED) is 0.764. The normalized spacial score (nSPS) is 10.6. The van der Waals surface area contributed by atoms with E-state index in [4.69, 9.17) is 0 Å². The van der Waals surface area contributed by atoms with E-state index in [0.717, 1.165) is 24.5 Å². The number of aryl methyl sites for hydroxylation is 1. The van der Waals surface area contributed by atoms with Crippen LogP contribution < -0.4 is 10.6 Å². The summed E-state index contributed by atoms with van der Waals surface area (Å²) in [6.07, 6.45) is 4.27. The van der Waals surface area contributed by atoms with Crippen molar-refractivity contribution in [1.82, 2.24) is 9.97 Å². The van der Waals surface area contributed by atoms with Crippen molar-refractivity contribution >= 4 is 11.8 Å². The first-order valence-corrected chi connectivity index (χ1v) is 6.52. The fourth-order valence-corrected chi connectivity index (χ4v) is 1.68. The molecule has 4 nitrogen and oxygen atoms in total. The summed E-state index contributed by atoms with van der Waals surface area (Å²) in [6.45, 7) is 10.4. The van der Waals surface area contributed by atoms with Gasteiger partial charge in [-0.1, -0.05) is 26.7 Å². The summed E-state index contributed by atoms with van der Waals surface area (Å²) in [5.41, 5.74) is 1.10. The van der Waals surface area contributed by atoms with Crippen LogP contribution in [0, 0.1) is 12.8 Å². The lowest BCUT2D eigenvalue weighted by Crippen LogP contribution is -2.15. The number of rotatable bonds is 7. The summed E-state index contributed by atoms with van der Waals surface area (Å²) < 4.78 is 0. The predicted octanol–water partition coefficient (Wildman–Crippen LogP) is 3.06. The van der Waals surface area contributed by atoms with Gasteiger partial charge in [0.15, 0.2) is 0 Å². The Morgan fingerprint density at radius 2 is 1.88 bits per heavy atom. The molecule has 0 saturated carbocycles. The smallest absolute Gasteiger partial charge is 0.224 e. The summed E-state index contributed by atoms with van der Waals surface area (Å²) in [7, 11) is 0. The van der Waals surface area contributed by atoms with Crippen LogP contribution in [0.5, 0.6) is 0 Å². The standard InChI is InChI=1S/C13H24N4/c1-5-11(6-2)9-15-12-10(4)8-16-13(17-12)14-7-3/h8,11H,5-7,9H2,1-4H3,(H2,14,15,16,17). The van der Waals surface area contributed by atoms with Gasteiger partial charge in [0.1, 0.15) is 5.82 Å². The van der Waals surface area contributed by atoms with E-state index in [1.807, 2.05) is 20.0 Å². The number of anilines is 2. The largest absolute Gasteiger partial charge is 0.369 e. The van der Waals surface area contributed by atoms with Gasteiger partial charge in [0.25, 0.3) is 0 Å². The van der Waals surface area contributed by atoms with Gasteiger partial charge in [-0.3, -0.25) is 0 Å². The van der Waals surface area contributed by atoms with Gasteiger partial charge in [0.05, 0.1) is 0 Å². The Morgan fingerprint density at radius 1 is 1.18 bits per heavy atom. The highest BCUT2D eigenvalue weighted by Gasteiger charge is 2.06. The van der Waals surface area contributed by atoms with Gasteiger partial charge in [-0.05, 0) is 19.8 Å². The molecule has 0 aliphatic carbocycles. The van der Waals surface area contributed by atoms with Crippen LogP contribution >= 0.6 is 0 Å². The maximum absolute atomic E-state index is 4.47. The topological polar surface area (TPSA) is 49.8 Å². The van der Waals surface area contributed by atoms with Crippen LogP contribution in [-0.4, -0.2) is 23.1 Å². The van der Waals surface area contributed by atoms with Crippen molar-refractivity contribution in [2.45, 2.75) is 40.5 Å². The second-order valence-corrected chi connectivity index (χ2v) is 4.32. The number of nitrogens with zero attached hydrogens (tertiary/aromatic N) is 2. The van der Waals surface area contributed by atoms with Gasteiger partial charge < -0.3 is 10.6 Å². The number of nitrogens with one attached hydrogen (secondary N) is 2. The van der Waals surface area contributed by atoms with Crippen molar-refractivity contribution in [3.63, 3.8) is 0 Å². The Labute approximate surface area is 104 Å². The van der Waals surface area contributed by atoms with Crippen molar-refractivity contribution in [2.75, 3.05) is 23.7 Å². The molecule has 0 bridgehead atoms. The van der Waals surface area contributed by atoms with Crippen LogP contribution in [0.4, 0.5) is 11.8 Å². The molecule has 0 unspecified atom stereocenters. The molecule has 1 aromatic heterocycles. The second kappa shape index (κ2) is 7.09. The second-order valence-electron chi connectivity index (χ2n) is 4.32. The third kappa shape index (κ3) is 4.21. The highest BCUT2D eigenvalue weighted by Crippen LogP contribution is 2.14. The monoisotopic (exact) mass is 236 g/mol. The molecule has 96 valence electrons. The average molecular weight is 236 g/mol. The number of hydrogen-bond donors (Lipinski definition) is 2. The van der Waals surface area contributed by atoms with E-state index in [2.05, 4.69) is 34.4 Å². The lowest BCUT2D eigenvalue weighted by molar-refractivity contribution is 0.518. The summed E-state index contributed by atoms with van der Waals surface area (Å²) >= 11 is 0. The fraction of sp³-hybridized carbons (Fsp3) is 0.692. The van der Waals surface area contributed by atoms with E-state index in [9.17, 15) is 0 Å². The zero-order valence-corrected chi connectivity index (χ0v) is 11.4. The minimum Gasteiger partial charge on any atom is -0.369 e. The zero-order valence-electron chi connectivity index (χ0n) is 11.4. The Morgan fingerprint density at radius 3 is 2.47 bits per heavy atom. The Balaban J connectivity index is 2.65. The average Bonchev–Trinajstić information content (AvgIpc) is 2.34. The lowest BCUT2D eigenvalue weighted by Gasteiger charge is -2.15. The van der Waals surface area contributed by atoms with Gasteiger partial charge in [-0.25, -0.2) is 4.98 Å². The maximum Gasteiger partial charge on any atom is 0.224 e. The van der Waals surface area contributed by atoms with E-state index >= 15 is 0 Å². The molecule has 0 radical (unpaired) electrons. The van der Waals surface area contributed by atoms with E-state index in [0.29, 0.717) is 11.9 Å². The SMILES string of the molecule is CCNc1ncc(C)c(NCC(CC)CC)n1. The molecule has 0 fully saturated rings. The summed E-state index contributed by atoms with van der Waals surface area (Å²) in [6, 6.07) is 0. The van der Waals surface area contributed by atoms with Crippen molar-refractivity contribution in [2.24, 2.45) is 5.92 Å². The molecule has 0 atom stereocenters. The molecule has 1 rings (SSSR count). The van der Waals surface area contributed by atoms with Crippen molar-refractivity contribution in [1.29, 1.82) is 0 Å². The van der Waals surface area contributed by atoms with E-state index in [1.54, 1.807) is 0 Å². The minimum atomic E-state index is 0.699. The molecular weight excluding hydrogens is 212 g/mol. The van der Waals surface area contributed by atoms with Crippen LogP contribution in [0.25, 0.3) is 0 Å². The molecule has 0 aliphatic rings. The first-order chi connectivity index (χ1) is 8.21. The third-order valence-corrected chi connectivity index (χ3v) is 3.02. The van der Waals surface area contributed by atoms with Gasteiger partial charge >= 0.3 is 0 Å². The highest BCUT2D eigenvalue weighted by atomic mass is 15.1. The van der Waals surface area contributed by atoms with Crippen LogP contribution in [0.1, 0.15) is 39.2 Å². The van der Waals surface area contributed by atoms with Crippen molar-refractivity contribution in [3.05, 3.63) is 11.8 Å². The lowest BCUT2D eigenvalue weighted by atomic mass is 10.0. The third-order valence-electron chi connectivity index (χ3n) is 3.02. The molecular formula is C13H24N4. The molecule has 1 heterocycles. The van der Waals surface area contributed by atoms with Gasteiger partial charge in [0, 0.05) is 24.8 Å². The molecule has 2 N–H and O–H groups in total. The summed E-state index contributed by atoms with van der Waals surface area (Å²) in [5.74, 6) is 2.36. The molecule has 17 heavy (non-hydrogen) atoms. The number of hydrogen-bond acceptors (Lipinski definition) is 4. The Kier molecular flexibility index (Phi) is 5.73. The fourth-order valence-electron chi connectivity index (χ4n) is 1.68. The van der Waals surface area contributed by atoms with Crippen molar-refractivity contribution in [3.8, 4) is 0 Å². The molecule has 1 aromatic rings. The Bertz CT molecular complexity index is 334. The summed E-state index contributed by atoms with van der Waals surface area (Å²) in [5, 5.41) is 6.55. The first kappa shape index (κ1) is 13.7. The Hall–Kier alpha value is -1.32. The molecule has 0 amide bonds. The minimum absolute atomic E-state index is 0.699. The van der Waals surface area contributed by atoms with E-state index in [1.165, 1.54) is 12.8 Å².